The summed E-state index contributed by atoms with van der Waals surface area (Å²) in [4.78, 5) is 62.6. The van der Waals surface area contributed by atoms with Gasteiger partial charge in [0.1, 0.15) is 24.6 Å². The van der Waals surface area contributed by atoms with Crippen molar-refractivity contribution in [1.82, 2.24) is 44.1 Å². The van der Waals surface area contributed by atoms with Gasteiger partial charge in [0, 0.05) is 17.9 Å². The van der Waals surface area contributed by atoms with E-state index in [9.17, 15) is 34.4 Å². The lowest BCUT2D eigenvalue weighted by Gasteiger charge is -2.41. The molecule has 4 aromatic heterocycles. The van der Waals surface area contributed by atoms with Crippen LogP contribution >= 0.6 is 7.75 Å². The van der Waals surface area contributed by atoms with Crippen LogP contribution in [0.4, 0.5) is 11.8 Å². The maximum Gasteiger partial charge on any atom is 0.406 e. The van der Waals surface area contributed by atoms with E-state index in [0.29, 0.717) is 5.56 Å². The second-order valence-corrected chi connectivity index (χ2v) is 24.0. The van der Waals surface area contributed by atoms with Gasteiger partial charge in [0.2, 0.25) is 11.9 Å². The van der Waals surface area contributed by atoms with E-state index < -0.39 is 89.6 Å². The second kappa shape index (κ2) is 19.3. The molecule has 6 heterocycles. The number of nitrogens with one attached hydrogen (secondary N) is 4. The van der Waals surface area contributed by atoms with Gasteiger partial charge in [-0.25, -0.2) is 29.6 Å². The van der Waals surface area contributed by atoms with E-state index >= 15 is 0 Å². The van der Waals surface area contributed by atoms with Crippen LogP contribution in [0.3, 0.4) is 0 Å². The topological polar surface area (TPSA) is 305 Å². The van der Waals surface area contributed by atoms with Crippen molar-refractivity contribution in [3.05, 3.63) is 65.2 Å². The number of hydrogen-bond acceptors (Lipinski definition) is 17. The lowest BCUT2D eigenvalue weighted by molar-refractivity contribution is -0.118. The minimum atomic E-state index is -4.46. The fourth-order valence-corrected chi connectivity index (χ4v) is 9.91. The van der Waals surface area contributed by atoms with E-state index in [1.165, 1.54) is 23.5 Å². The van der Waals surface area contributed by atoms with Crippen LogP contribution in [0.15, 0.2) is 54.1 Å². The van der Waals surface area contributed by atoms with E-state index in [1.807, 2.05) is 39.9 Å². The maximum atomic E-state index is 14.9. The molecule has 0 radical (unpaired) electrons. The number of hydrogen-bond donors (Lipinski definition) is 6. The van der Waals surface area contributed by atoms with Crippen LogP contribution in [0, 0.1) is 17.2 Å². The largest absolute Gasteiger partial charge is 0.408 e. The Kier molecular flexibility index (Phi) is 14.1. The molecule has 2 aliphatic rings. The number of nitriles is 1. The van der Waals surface area contributed by atoms with Crippen molar-refractivity contribution in [3.8, 4) is 6.07 Å². The molecule has 0 bridgehead atoms. The predicted molar refractivity (Wildman–Crippen MR) is 236 cm³/mol. The standard InChI is InChI=1S/C40H53N12O11PSi/c1-22(2)34(55)48-39-47-33-29(36(57)49-39)45-21-52(33)37-25(54)16-24(61-37)18-60-64(58,59-15-11-14-41)50-27-26(17-53)62-38(30(27)63-65(6,7)40(3,4)5)51-20-44-28-31(42-19-43-32(28)51)46-35(56)23-12-9-8-10-13-23/h8-10,12-13,19-22,24-27,30,37-38,53-54H,11,15-18H2,1-7H3,(H,50,58)(H,42,43,46,56)(H2,47,48,49,55,57)/t24-,25+,26+,27+,30+,37+,38+,64?/m0/s1. The Morgan fingerprint density at radius 3 is 2.42 bits per heavy atom. The van der Waals surface area contributed by atoms with Crippen LogP contribution in [0.2, 0.25) is 18.1 Å². The number of nitrogens with zero attached hydrogens (tertiary/aromatic N) is 8. The number of carbonyl (C=O) groups excluding carboxylic acids is 2. The number of H-pyrrole nitrogens is 1. The molecule has 8 atom stereocenters. The van der Waals surface area contributed by atoms with Crippen LogP contribution in [-0.4, -0.2) is 120 Å². The smallest absolute Gasteiger partial charge is 0.406 e. The monoisotopic (exact) mass is 936 g/mol. The number of rotatable bonds is 17. The third kappa shape index (κ3) is 10.2. The Morgan fingerprint density at radius 1 is 1.03 bits per heavy atom. The lowest BCUT2D eigenvalue weighted by atomic mass is 10.1. The number of aliphatic hydroxyl groups excluding tert-OH is 2. The first kappa shape index (κ1) is 47.6. The van der Waals surface area contributed by atoms with Gasteiger partial charge in [-0.15, -0.1) is 0 Å². The van der Waals surface area contributed by atoms with Crippen molar-refractivity contribution < 1.29 is 47.3 Å². The SMILES string of the molecule is CC(C)C(=O)Nc1nc2c(ncn2[C@@H]2O[C@H](COP(=O)(N[C@H]3[C@@H](O[Si](C)(C)C(C)(C)C)[C@H](n4cnc5c(NC(=O)c6ccccc6)ncnc54)O[C@@H]3CO)OCCC#N)C[C@H]2O)c(=O)[nH]1. The minimum absolute atomic E-state index is 0.0169. The number of aromatic nitrogens is 8. The first-order chi connectivity index (χ1) is 30.8. The molecule has 25 heteroatoms. The van der Waals surface area contributed by atoms with Gasteiger partial charge >= 0.3 is 7.75 Å². The van der Waals surface area contributed by atoms with Gasteiger partial charge in [-0.3, -0.25) is 42.9 Å². The number of ether oxygens (including phenoxy) is 2. The zero-order valence-electron chi connectivity index (χ0n) is 36.9. The first-order valence-electron chi connectivity index (χ1n) is 21.0. The zero-order valence-corrected chi connectivity index (χ0v) is 38.8. The summed E-state index contributed by atoms with van der Waals surface area (Å²) in [5, 5.41) is 39.4. The lowest BCUT2D eigenvalue weighted by Crippen LogP contribution is -2.52. The highest BCUT2D eigenvalue weighted by molar-refractivity contribution is 7.51. The van der Waals surface area contributed by atoms with Crippen molar-refractivity contribution in [1.29, 1.82) is 5.26 Å². The molecule has 0 aliphatic carbocycles. The number of benzene rings is 1. The van der Waals surface area contributed by atoms with E-state index in [2.05, 4.69) is 45.6 Å². The molecule has 6 N–H and O–H groups in total. The highest BCUT2D eigenvalue weighted by Crippen LogP contribution is 2.50. The van der Waals surface area contributed by atoms with Crippen LogP contribution in [0.5, 0.6) is 0 Å². The number of amides is 2. The predicted octanol–water partition coefficient (Wildman–Crippen LogP) is 3.75. The van der Waals surface area contributed by atoms with Crippen LogP contribution < -0.4 is 21.3 Å². The van der Waals surface area contributed by atoms with Gasteiger partial charge < -0.3 is 29.4 Å². The molecule has 2 fully saturated rings. The summed E-state index contributed by atoms with van der Waals surface area (Å²) in [7, 11) is -7.17. The molecule has 348 valence electrons. The Balaban J connectivity index is 1.15. The summed E-state index contributed by atoms with van der Waals surface area (Å²) in [6.45, 7) is 12.3. The summed E-state index contributed by atoms with van der Waals surface area (Å²) in [5.41, 5.74) is 0.286. The Bertz CT molecular complexity index is 2670. The molecular formula is C40H53N12O11PSi. The highest BCUT2D eigenvalue weighted by Gasteiger charge is 2.53. The maximum absolute atomic E-state index is 14.9. The minimum Gasteiger partial charge on any atom is -0.408 e. The quantitative estimate of drug-likeness (QED) is 0.0439. The third-order valence-corrected chi connectivity index (χ3v) is 17.6. The van der Waals surface area contributed by atoms with E-state index in [1.54, 1.807) is 48.7 Å². The van der Waals surface area contributed by atoms with Crippen LogP contribution in [-0.2, 0) is 32.3 Å². The van der Waals surface area contributed by atoms with Crippen LogP contribution in [0.1, 0.15) is 70.3 Å². The Morgan fingerprint density at radius 2 is 1.74 bits per heavy atom. The summed E-state index contributed by atoms with van der Waals surface area (Å²) in [6.07, 6.45) is -2.44. The molecule has 5 aromatic rings. The summed E-state index contributed by atoms with van der Waals surface area (Å²) >= 11 is 0. The second-order valence-electron chi connectivity index (χ2n) is 17.5. The Hall–Kier alpha value is -5.32. The van der Waals surface area contributed by atoms with E-state index in [4.69, 9.17) is 22.9 Å². The normalized spacial score (nSPS) is 23.5. The highest BCUT2D eigenvalue weighted by atomic mass is 31.2. The molecule has 2 aliphatic heterocycles. The molecule has 2 saturated heterocycles. The average molecular weight is 937 g/mol. The number of carbonyl (C=O) groups is 2. The van der Waals surface area contributed by atoms with Gasteiger partial charge in [0.05, 0.1) is 57.1 Å². The molecule has 23 nitrogen and oxygen atoms in total. The average Bonchev–Trinajstić information content (AvgIpc) is 4.05. The molecule has 7 rings (SSSR count). The first-order valence-corrected chi connectivity index (χ1v) is 25.4. The number of imidazole rings is 2. The Labute approximate surface area is 374 Å². The van der Waals surface area contributed by atoms with Crippen molar-refractivity contribution in [2.24, 2.45) is 5.92 Å². The van der Waals surface area contributed by atoms with Gasteiger partial charge in [0.25, 0.3) is 11.5 Å². The molecule has 65 heavy (non-hydrogen) atoms. The third-order valence-electron chi connectivity index (χ3n) is 11.5. The van der Waals surface area contributed by atoms with Crippen molar-refractivity contribution in [3.63, 3.8) is 0 Å². The summed E-state index contributed by atoms with van der Waals surface area (Å²) in [5.74, 6) is -1.15. The summed E-state index contributed by atoms with van der Waals surface area (Å²) in [6, 6.07) is 9.49. The van der Waals surface area contributed by atoms with E-state index in [-0.39, 0.29) is 64.5 Å². The van der Waals surface area contributed by atoms with Gasteiger partial charge in [0.15, 0.2) is 48.9 Å². The molecule has 2 amide bonds. The van der Waals surface area contributed by atoms with Crippen LogP contribution in [0.25, 0.3) is 22.3 Å². The van der Waals surface area contributed by atoms with Gasteiger partial charge in [-0.1, -0.05) is 52.8 Å². The molecule has 0 spiro atoms. The number of anilines is 2. The fourth-order valence-electron chi connectivity index (χ4n) is 7.02. The van der Waals surface area contributed by atoms with Gasteiger partial charge in [-0.05, 0) is 30.3 Å². The number of aromatic amines is 1. The van der Waals surface area contributed by atoms with Crippen molar-refractivity contribution >= 4 is 62.0 Å². The number of aliphatic hydroxyl groups is 2. The number of fused-ring (bicyclic) bond motifs is 2. The van der Waals surface area contributed by atoms with Crippen molar-refractivity contribution in [2.45, 2.75) is 109 Å². The molecular weight excluding hydrogens is 884 g/mol. The van der Waals surface area contributed by atoms with E-state index in [0.717, 1.165) is 0 Å². The summed E-state index contributed by atoms with van der Waals surface area (Å²) < 4.78 is 49.3. The molecule has 1 unspecified atom stereocenters. The molecule has 1 aromatic carbocycles. The fraction of sp³-hybridized carbons (Fsp3) is 0.525. The zero-order chi connectivity index (χ0) is 46.8. The molecule has 0 saturated carbocycles. The van der Waals surface area contributed by atoms with Gasteiger partial charge in [-0.2, -0.15) is 10.2 Å². The van der Waals surface area contributed by atoms with Crippen molar-refractivity contribution in [2.75, 3.05) is 30.5 Å².